The van der Waals surface area contributed by atoms with E-state index in [1.165, 1.54) is 0 Å². The lowest BCUT2D eigenvalue weighted by atomic mass is 9.94. The third kappa shape index (κ3) is 3.76. The summed E-state index contributed by atoms with van der Waals surface area (Å²) in [5, 5.41) is 6.45. The number of carbonyl (C=O) groups is 1. The summed E-state index contributed by atoms with van der Waals surface area (Å²) in [5.74, 6) is 0.819. The molecule has 2 saturated heterocycles. The first-order valence-electron chi connectivity index (χ1n) is 6.42. The van der Waals surface area contributed by atoms with Gasteiger partial charge in [-0.3, -0.25) is 4.79 Å². The predicted molar refractivity (Wildman–Crippen MR) is 62.2 cm³/mol. The molecule has 0 aliphatic carbocycles. The van der Waals surface area contributed by atoms with E-state index in [0.717, 1.165) is 52.0 Å². The molecule has 2 aliphatic rings. The molecule has 2 N–H and O–H groups in total. The highest BCUT2D eigenvalue weighted by Crippen LogP contribution is 2.16. The van der Waals surface area contributed by atoms with Crippen LogP contribution in [0.1, 0.15) is 32.1 Å². The maximum atomic E-state index is 11.8. The molecule has 0 unspecified atom stereocenters. The highest BCUT2D eigenvalue weighted by Gasteiger charge is 2.20. The zero-order valence-electron chi connectivity index (χ0n) is 9.84. The summed E-state index contributed by atoms with van der Waals surface area (Å²) in [6.07, 6.45) is 4.93. The molecule has 0 aromatic heterocycles. The average molecular weight is 226 g/mol. The zero-order valence-corrected chi connectivity index (χ0v) is 9.84. The van der Waals surface area contributed by atoms with Gasteiger partial charge in [0.25, 0.3) is 0 Å². The van der Waals surface area contributed by atoms with Crippen molar-refractivity contribution in [3.63, 3.8) is 0 Å². The smallest absolute Gasteiger partial charge is 0.220 e. The highest BCUT2D eigenvalue weighted by molar-refractivity contribution is 5.76. The van der Waals surface area contributed by atoms with Crippen molar-refractivity contribution in [1.82, 2.24) is 10.6 Å². The van der Waals surface area contributed by atoms with Gasteiger partial charge in [0.05, 0.1) is 0 Å². The van der Waals surface area contributed by atoms with Crippen molar-refractivity contribution in [3.8, 4) is 0 Å². The Hall–Kier alpha value is -0.610. The van der Waals surface area contributed by atoms with Crippen LogP contribution in [0.15, 0.2) is 0 Å². The molecule has 0 aromatic rings. The van der Waals surface area contributed by atoms with Crippen LogP contribution in [0.4, 0.5) is 0 Å². The van der Waals surface area contributed by atoms with Gasteiger partial charge in [0.1, 0.15) is 0 Å². The third-order valence-electron chi connectivity index (χ3n) is 3.52. The van der Waals surface area contributed by atoms with Crippen LogP contribution >= 0.6 is 0 Å². The first kappa shape index (κ1) is 11.9. The molecule has 4 nitrogen and oxygen atoms in total. The minimum atomic E-state index is 0.235. The first-order valence-corrected chi connectivity index (χ1v) is 6.42. The van der Waals surface area contributed by atoms with E-state index in [1.54, 1.807) is 0 Å². The van der Waals surface area contributed by atoms with Crippen molar-refractivity contribution >= 4 is 5.91 Å². The molecular weight excluding hydrogens is 204 g/mol. The lowest BCUT2D eigenvalue weighted by Gasteiger charge is -2.26. The summed E-state index contributed by atoms with van der Waals surface area (Å²) in [6.45, 7) is 3.71. The summed E-state index contributed by atoms with van der Waals surface area (Å²) >= 11 is 0. The van der Waals surface area contributed by atoms with E-state index in [2.05, 4.69) is 10.6 Å². The molecule has 2 aliphatic heterocycles. The van der Waals surface area contributed by atoms with E-state index in [4.69, 9.17) is 4.74 Å². The summed E-state index contributed by atoms with van der Waals surface area (Å²) in [7, 11) is 0. The van der Waals surface area contributed by atoms with Gasteiger partial charge in [-0.05, 0) is 44.7 Å². The van der Waals surface area contributed by atoms with E-state index < -0.39 is 0 Å². The standard InChI is InChI=1S/C12H22N2O2/c15-12(9-10-1-5-13-6-2-10)14-11-3-7-16-8-4-11/h10-11,13H,1-9H2,(H,14,15). The molecule has 2 heterocycles. The normalized spacial score (nSPS) is 24.2. The molecule has 16 heavy (non-hydrogen) atoms. The second-order valence-corrected chi connectivity index (χ2v) is 4.85. The van der Waals surface area contributed by atoms with Crippen LogP contribution in [0.2, 0.25) is 0 Å². The number of ether oxygens (including phenoxy) is 1. The summed E-state index contributed by atoms with van der Waals surface area (Å²) in [5.41, 5.74) is 0. The van der Waals surface area contributed by atoms with E-state index >= 15 is 0 Å². The first-order chi connectivity index (χ1) is 7.84. The van der Waals surface area contributed by atoms with Crippen LogP contribution in [0.25, 0.3) is 0 Å². The molecule has 1 amide bonds. The maximum absolute atomic E-state index is 11.8. The Morgan fingerprint density at radius 2 is 1.88 bits per heavy atom. The Kier molecular flexibility index (Phi) is 4.60. The van der Waals surface area contributed by atoms with Gasteiger partial charge in [-0.1, -0.05) is 0 Å². The van der Waals surface area contributed by atoms with Crippen molar-refractivity contribution in [1.29, 1.82) is 0 Å². The van der Waals surface area contributed by atoms with Crippen LogP contribution in [0.3, 0.4) is 0 Å². The number of amides is 1. The second-order valence-electron chi connectivity index (χ2n) is 4.85. The number of rotatable bonds is 3. The summed E-state index contributed by atoms with van der Waals surface area (Å²) in [6, 6.07) is 0.350. The van der Waals surface area contributed by atoms with Crippen molar-refractivity contribution in [2.24, 2.45) is 5.92 Å². The van der Waals surface area contributed by atoms with Gasteiger partial charge in [-0.25, -0.2) is 0 Å². The molecule has 0 bridgehead atoms. The van der Waals surface area contributed by atoms with Gasteiger partial charge in [0.15, 0.2) is 0 Å². The molecule has 0 aromatic carbocycles. The Balaban J connectivity index is 1.66. The molecule has 92 valence electrons. The van der Waals surface area contributed by atoms with Gasteiger partial charge < -0.3 is 15.4 Å². The Labute approximate surface area is 97.1 Å². The van der Waals surface area contributed by atoms with Crippen LogP contribution in [0, 0.1) is 5.92 Å². The molecule has 4 heteroatoms. The fourth-order valence-corrected chi connectivity index (χ4v) is 2.48. The van der Waals surface area contributed by atoms with Crippen molar-refractivity contribution in [2.75, 3.05) is 26.3 Å². The van der Waals surface area contributed by atoms with E-state index in [1.807, 2.05) is 0 Å². The average Bonchev–Trinajstić information content (AvgIpc) is 2.31. The fraction of sp³-hybridized carbons (Fsp3) is 0.917. The van der Waals surface area contributed by atoms with Gasteiger partial charge >= 0.3 is 0 Å². The number of hydrogen-bond acceptors (Lipinski definition) is 3. The molecule has 0 radical (unpaired) electrons. The Morgan fingerprint density at radius 3 is 2.56 bits per heavy atom. The molecule has 0 spiro atoms. The van der Waals surface area contributed by atoms with Gasteiger partial charge in [-0.15, -0.1) is 0 Å². The molecule has 0 saturated carbocycles. The Morgan fingerprint density at radius 1 is 1.19 bits per heavy atom. The van der Waals surface area contributed by atoms with Gasteiger partial charge in [0.2, 0.25) is 5.91 Å². The molecule has 2 fully saturated rings. The van der Waals surface area contributed by atoms with Crippen molar-refractivity contribution < 1.29 is 9.53 Å². The SMILES string of the molecule is O=C(CC1CCNCC1)NC1CCOCC1. The van der Waals surface area contributed by atoms with Crippen molar-refractivity contribution in [2.45, 2.75) is 38.1 Å². The minimum Gasteiger partial charge on any atom is -0.381 e. The number of nitrogens with one attached hydrogen (secondary N) is 2. The maximum Gasteiger partial charge on any atom is 0.220 e. The molecule has 2 rings (SSSR count). The summed E-state index contributed by atoms with van der Waals surface area (Å²) in [4.78, 5) is 11.8. The van der Waals surface area contributed by atoms with Gasteiger partial charge in [-0.2, -0.15) is 0 Å². The number of hydrogen-bond donors (Lipinski definition) is 2. The largest absolute Gasteiger partial charge is 0.381 e. The lowest BCUT2D eigenvalue weighted by Crippen LogP contribution is -2.40. The quantitative estimate of drug-likeness (QED) is 0.743. The van der Waals surface area contributed by atoms with Crippen molar-refractivity contribution in [3.05, 3.63) is 0 Å². The fourth-order valence-electron chi connectivity index (χ4n) is 2.48. The number of piperidine rings is 1. The third-order valence-corrected chi connectivity index (χ3v) is 3.52. The lowest BCUT2D eigenvalue weighted by molar-refractivity contribution is -0.123. The molecular formula is C12H22N2O2. The summed E-state index contributed by atoms with van der Waals surface area (Å²) < 4.78 is 5.27. The van der Waals surface area contributed by atoms with E-state index in [-0.39, 0.29) is 5.91 Å². The van der Waals surface area contributed by atoms with E-state index in [9.17, 15) is 4.79 Å². The number of carbonyl (C=O) groups excluding carboxylic acids is 1. The zero-order chi connectivity index (χ0) is 11.2. The van der Waals surface area contributed by atoms with Gasteiger partial charge in [0, 0.05) is 25.7 Å². The van der Waals surface area contributed by atoms with E-state index in [0.29, 0.717) is 18.4 Å². The van der Waals surface area contributed by atoms with Crippen LogP contribution in [-0.2, 0) is 9.53 Å². The van der Waals surface area contributed by atoms with Crippen LogP contribution in [-0.4, -0.2) is 38.3 Å². The Bertz CT molecular complexity index is 199. The van der Waals surface area contributed by atoms with Crippen LogP contribution < -0.4 is 10.6 Å². The second kappa shape index (κ2) is 6.21. The predicted octanol–water partition coefficient (Wildman–Crippen LogP) is 0.671. The monoisotopic (exact) mass is 226 g/mol. The highest BCUT2D eigenvalue weighted by atomic mass is 16.5. The van der Waals surface area contributed by atoms with Crippen LogP contribution in [0.5, 0.6) is 0 Å². The molecule has 0 atom stereocenters. The topological polar surface area (TPSA) is 50.4 Å². The minimum absolute atomic E-state index is 0.235.